The monoisotopic (exact) mass is 311 g/mol. The molecule has 5 heteroatoms. The van der Waals surface area contributed by atoms with Gasteiger partial charge in [0, 0.05) is 12.1 Å². The van der Waals surface area contributed by atoms with Crippen molar-refractivity contribution in [2.45, 2.75) is 12.5 Å². The molecule has 23 heavy (non-hydrogen) atoms. The zero-order chi connectivity index (χ0) is 16.1. The van der Waals surface area contributed by atoms with Gasteiger partial charge in [0.15, 0.2) is 11.5 Å². The molecule has 1 amide bonds. The third-order valence-corrected chi connectivity index (χ3v) is 3.61. The smallest absolute Gasteiger partial charge is 0.264 e. The Hall–Kier alpha value is -2.82. The molecule has 2 aromatic carbocycles. The number of nitrogens with one attached hydrogen (secondary N) is 1. The molecular formula is C18H17NO4. The Morgan fingerprint density at radius 1 is 1.17 bits per heavy atom. The van der Waals surface area contributed by atoms with Gasteiger partial charge in [-0.05, 0) is 30.2 Å². The minimum Gasteiger partial charge on any atom is -0.485 e. The van der Waals surface area contributed by atoms with Crippen LogP contribution in [0.5, 0.6) is 11.5 Å². The lowest BCUT2D eigenvalue weighted by Crippen LogP contribution is -2.44. The number of carbonyl (C=O) groups excluding carboxylic acids is 2. The average molecular weight is 311 g/mol. The van der Waals surface area contributed by atoms with Gasteiger partial charge in [-0.3, -0.25) is 9.59 Å². The second kappa shape index (κ2) is 6.96. The van der Waals surface area contributed by atoms with Crippen LogP contribution in [-0.2, 0) is 11.2 Å². The molecule has 0 spiro atoms. The molecular weight excluding hydrogens is 294 g/mol. The van der Waals surface area contributed by atoms with E-state index < -0.39 is 6.10 Å². The van der Waals surface area contributed by atoms with Crippen molar-refractivity contribution in [2.24, 2.45) is 0 Å². The lowest BCUT2D eigenvalue weighted by atomic mass is 10.1. The summed E-state index contributed by atoms with van der Waals surface area (Å²) in [5.41, 5.74) is 1.65. The van der Waals surface area contributed by atoms with Gasteiger partial charge in [0.2, 0.25) is 6.10 Å². The second-order valence-electron chi connectivity index (χ2n) is 5.27. The van der Waals surface area contributed by atoms with Crippen molar-refractivity contribution in [3.8, 4) is 11.5 Å². The predicted molar refractivity (Wildman–Crippen MR) is 84.9 cm³/mol. The molecule has 1 N–H and O–H groups in total. The van der Waals surface area contributed by atoms with Crippen LogP contribution >= 0.6 is 0 Å². The number of fused-ring (bicyclic) bond motifs is 1. The van der Waals surface area contributed by atoms with Crippen molar-refractivity contribution in [2.75, 3.05) is 13.2 Å². The first-order valence-electron chi connectivity index (χ1n) is 7.46. The quantitative estimate of drug-likeness (QED) is 0.858. The topological polar surface area (TPSA) is 64.6 Å². The zero-order valence-corrected chi connectivity index (χ0v) is 12.5. The SMILES string of the molecule is O=Cc1ccc2c(c1)OC(C(=O)NCCc1ccccc1)CO2. The Balaban J connectivity index is 1.55. The fourth-order valence-corrected chi connectivity index (χ4v) is 2.38. The Morgan fingerprint density at radius 2 is 2.00 bits per heavy atom. The number of ether oxygens (including phenoxy) is 2. The van der Waals surface area contributed by atoms with Gasteiger partial charge >= 0.3 is 0 Å². The summed E-state index contributed by atoms with van der Waals surface area (Å²) in [4.78, 5) is 23.0. The zero-order valence-electron chi connectivity index (χ0n) is 12.5. The second-order valence-corrected chi connectivity index (χ2v) is 5.27. The van der Waals surface area contributed by atoms with Crippen molar-refractivity contribution in [1.82, 2.24) is 5.32 Å². The number of carbonyl (C=O) groups is 2. The highest BCUT2D eigenvalue weighted by Gasteiger charge is 2.27. The van der Waals surface area contributed by atoms with E-state index in [-0.39, 0.29) is 12.5 Å². The Bertz CT molecular complexity index is 699. The average Bonchev–Trinajstić information content (AvgIpc) is 2.61. The molecule has 118 valence electrons. The Kier molecular flexibility index (Phi) is 4.57. The number of aldehydes is 1. The van der Waals surface area contributed by atoms with E-state index >= 15 is 0 Å². The summed E-state index contributed by atoms with van der Waals surface area (Å²) in [6, 6.07) is 14.8. The van der Waals surface area contributed by atoms with E-state index in [4.69, 9.17) is 9.47 Å². The van der Waals surface area contributed by atoms with Crippen LogP contribution in [0.1, 0.15) is 15.9 Å². The van der Waals surface area contributed by atoms with E-state index in [1.54, 1.807) is 18.2 Å². The molecule has 2 aromatic rings. The van der Waals surface area contributed by atoms with E-state index in [0.717, 1.165) is 18.3 Å². The number of rotatable bonds is 5. The van der Waals surface area contributed by atoms with Crippen LogP contribution < -0.4 is 14.8 Å². The normalized spacial score (nSPS) is 15.7. The molecule has 3 rings (SSSR count). The number of hydrogen-bond acceptors (Lipinski definition) is 4. The summed E-state index contributed by atoms with van der Waals surface area (Å²) in [5.74, 6) is 0.746. The molecule has 0 fully saturated rings. The first-order valence-corrected chi connectivity index (χ1v) is 7.46. The van der Waals surface area contributed by atoms with Crippen LogP contribution in [-0.4, -0.2) is 31.4 Å². The van der Waals surface area contributed by atoms with Gasteiger partial charge in [0.05, 0.1) is 0 Å². The molecule has 1 atom stereocenters. The van der Waals surface area contributed by atoms with E-state index in [1.807, 2.05) is 30.3 Å². The maximum atomic E-state index is 12.2. The van der Waals surface area contributed by atoms with Crippen molar-refractivity contribution in [3.05, 3.63) is 59.7 Å². The van der Waals surface area contributed by atoms with Crippen molar-refractivity contribution in [3.63, 3.8) is 0 Å². The predicted octanol–water partition coefficient (Wildman–Crippen LogP) is 2.00. The van der Waals surface area contributed by atoms with Crippen molar-refractivity contribution in [1.29, 1.82) is 0 Å². The lowest BCUT2D eigenvalue weighted by molar-refractivity contribution is -0.130. The molecule has 0 aromatic heterocycles. The molecule has 0 saturated heterocycles. The number of hydrogen-bond donors (Lipinski definition) is 1. The van der Waals surface area contributed by atoms with E-state index in [1.165, 1.54) is 0 Å². The molecule has 0 bridgehead atoms. The van der Waals surface area contributed by atoms with Gasteiger partial charge < -0.3 is 14.8 Å². The van der Waals surface area contributed by atoms with Crippen molar-refractivity contribution < 1.29 is 19.1 Å². The highest BCUT2D eigenvalue weighted by atomic mass is 16.6. The van der Waals surface area contributed by atoms with E-state index in [0.29, 0.717) is 23.6 Å². The minimum absolute atomic E-state index is 0.157. The van der Waals surface area contributed by atoms with Gasteiger partial charge in [-0.2, -0.15) is 0 Å². The first kappa shape index (κ1) is 15.1. The standard InChI is InChI=1S/C18H17NO4/c20-11-14-6-7-15-16(10-14)23-17(12-22-15)18(21)19-9-8-13-4-2-1-3-5-13/h1-7,10-11,17H,8-9,12H2,(H,19,21). The largest absolute Gasteiger partial charge is 0.485 e. The molecule has 0 aliphatic carbocycles. The Morgan fingerprint density at radius 3 is 2.78 bits per heavy atom. The third kappa shape index (κ3) is 3.69. The summed E-state index contributed by atoms with van der Waals surface area (Å²) in [6.45, 7) is 0.689. The summed E-state index contributed by atoms with van der Waals surface area (Å²) in [5, 5.41) is 2.85. The molecule has 1 heterocycles. The van der Waals surface area contributed by atoms with Crippen LogP contribution in [0, 0.1) is 0 Å². The summed E-state index contributed by atoms with van der Waals surface area (Å²) in [7, 11) is 0. The van der Waals surface area contributed by atoms with Crippen LogP contribution in [0.2, 0.25) is 0 Å². The summed E-state index contributed by atoms with van der Waals surface area (Å²) in [6.07, 6.45) is 0.777. The van der Waals surface area contributed by atoms with E-state index in [9.17, 15) is 9.59 Å². The molecule has 5 nitrogen and oxygen atoms in total. The number of amides is 1. The fraction of sp³-hybridized carbons (Fsp3) is 0.222. The van der Waals surface area contributed by atoms with Gasteiger partial charge in [-0.1, -0.05) is 30.3 Å². The fourth-order valence-electron chi connectivity index (χ4n) is 2.38. The molecule has 1 aliphatic rings. The number of benzene rings is 2. The van der Waals surface area contributed by atoms with Crippen LogP contribution in [0.4, 0.5) is 0 Å². The molecule has 1 aliphatic heterocycles. The van der Waals surface area contributed by atoms with Crippen LogP contribution in [0.15, 0.2) is 48.5 Å². The maximum absolute atomic E-state index is 12.2. The van der Waals surface area contributed by atoms with Crippen LogP contribution in [0.25, 0.3) is 0 Å². The summed E-state index contributed by atoms with van der Waals surface area (Å²) >= 11 is 0. The first-order chi connectivity index (χ1) is 11.3. The molecule has 1 unspecified atom stereocenters. The maximum Gasteiger partial charge on any atom is 0.264 e. The van der Waals surface area contributed by atoms with Gasteiger partial charge in [0.1, 0.15) is 12.9 Å². The van der Waals surface area contributed by atoms with Crippen LogP contribution in [0.3, 0.4) is 0 Å². The molecule has 0 saturated carbocycles. The minimum atomic E-state index is -0.708. The lowest BCUT2D eigenvalue weighted by Gasteiger charge is -2.25. The highest BCUT2D eigenvalue weighted by molar-refractivity contribution is 5.82. The van der Waals surface area contributed by atoms with Gasteiger partial charge in [-0.25, -0.2) is 0 Å². The Labute approximate surface area is 134 Å². The highest BCUT2D eigenvalue weighted by Crippen LogP contribution is 2.32. The third-order valence-electron chi connectivity index (χ3n) is 3.61. The summed E-state index contributed by atoms with van der Waals surface area (Å²) < 4.78 is 11.2. The van der Waals surface area contributed by atoms with Crippen molar-refractivity contribution >= 4 is 12.2 Å². The molecule has 0 radical (unpaired) electrons. The van der Waals surface area contributed by atoms with Gasteiger partial charge in [-0.15, -0.1) is 0 Å². The van der Waals surface area contributed by atoms with E-state index in [2.05, 4.69) is 5.32 Å². The van der Waals surface area contributed by atoms with Gasteiger partial charge in [0.25, 0.3) is 5.91 Å².